The van der Waals surface area contributed by atoms with Gasteiger partial charge in [0.15, 0.2) is 0 Å². The van der Waals surface area contributed by atoms with Gasteiger partial charge in [-0.3, -0.25) is 0 Å². The molecule has 9 aromatic carbocycles. The number of aryl methyl sites for hydroxylation is 1. The van der Waals surface area contributed by atoms with Crippen LogP contribution in [-0.4, -0.2) is 6.71 Å². The van der Waals surface area contributed by atoms with Gasteiger partial charge >= 0.3 is 0 Å². The van der Waals surface area contributed by atoms with E-state index in [-0.39, 0.29) is 23.0 Å². The average molecular weight is 965 g/mol. The summed E-state index contributed by atoms with van der Waals surface area (Å²) in [6, 6.07) is 67.8. The van der Waals surface area contributed by atoms with E-state index in [0.29, 0.717) is 0 Å². The van der Waals surface area contributed by atoms with Crippen molar-refractivity contribution in [1.82, 2.24) is 0 Å². The van der Waals surface area contributed by atoms with Gasteiger partial charge in [0.05, 0.1) is 0 Å². The van der Waals surface area contributed by atoms with Crippen LogP contribution < -0.4 is 26.2 Å². The van der Waals surface area contributed by atoms with Gasteiger partial charge in [-0.2, -0.15) is 0 Å². The number of anilines is 6. The van der Waals surface area contributed by atoms with Crippen LogP contribution in [0.2, 0.25) is 0 Å². The minimum absolute atomic E-state index is 0.0289. The Morgan fingerprint density at radius 2 is 0.931 bits per heavy atom. The number of rotatable bonds is 4. The third kappa shape index (κ3) is 6.52. The van der Waals surface area contributed by atoms with Crippen molar-refractivity contribution in [2.75, 3.05) is 9.80 Å². The fourth-order valence-electron chi connectivity index (χ4n) is 12.7. The average Bonchev–Trinajstić information content (AvgIpc) is 3.97. The fraction of sp³-hybridized carbons (Fsp3) is 0.194. The van der Waals surface area contributed by atoms with Crippen LogP contribution in [0, 0.1) is 6.92 Å². The fourth-order valence-corrected chi connectivity index (χ4v) is 15.2. The highest BCUT2D eigenvalue weighted by atomic mass is 32.1. The van der Waals surface area contributed by atoms with E-state index in [4.69, 9.17) is 0 Å². The first-order valence-corrected chi connectivity index (χ1v) is 27.4. The van der Waals surface area contributed by atoms with Gasteiger partial charge in [-0.1, -0.05) is 164 Å². The molecule has 0 saturated heterocycles. The zero-order valence-corrected chi connectivity index (χ0v) is 44.1. The van der Waals surface area contributed by atoms with E-state index in [1.54, 1.807) is 0 Å². The second-order valence-electron chi connectivity index (χ2n) is 23.2. The van der Waals surface area contributed by atoms with E-state index < -0.39 is 0 Å². The molecule has 1 aliphatic carbocycles. The Hall–Kier alpha value is -6.92. The Morgan fingerprint density at radius 1 is 0.458 bits per heavy atom. The lowest BCUT2D eigenvalue weighted by molar-refractivity contribution is 0.332. The molecule has 3 aliphatic rings. The first-order chi connectivity index (χ1) is 34.7. The van der Waals surface area contributed by atoms with Crippen LogP contribution in [0.5, 0.6) is 0 Å². The predicted octanol–water partition coefficient (Wildman–Crippen LogP) is 17.8. The van der Waals surface area contributed by atoms with Gasteiger partial charge in [0.2, 0.25) is 0 Å². The molecule has 2 aliphatic heterocycles. The number of thiophene rings is 2. The van der Waals surface area contributed by atoms with E-state index in [1.165, 1.54) is 142 Å². The van der Waals surface area contributed by atoms with Gasteiger partial charge in [-0.15, -0.1) is 22.7 Å². The molecular formula is C67H57BN2S2. The zero-order valence-electron chi connectivity index (χ0n) is 42.4. The van der Waals surface area contributed by atoms with Crippen LogP contribution in [0.4, 0.5) is 34.1 Å². The second kappa shape index (κ2) is 15.5. The lowest BCUT2D eigenvalue weighted by atomic mass is 9.33. The predicted molar refractivity (Wildman–Crippen MR) is 316 cm³/mol. The number of hydrogen-bond acceptors (Lipinski definition) is 4. The van der Waals surface area contributed by atoms with Crippen LogP contribution in [0.15, 0.2) is 176 Å². The first kappa shape index (κ1) is 43.8. The molecule has 2 aromatic heterocycles. The largest absolute Gasteiger partial charge is 0.311 e. The molecule has 0 unspecified atom stereocenters. The van der Waals surface area contributed by atoms with E-state index in [1.807, 2.05) is 22.7 Å². The molecule has 4 heterocycles. The van der Waals surface area contributed by atoms with Crippen molar-refractivity contribution in [2.45, 2.75) is 84.5 Å². The van der Waals surface area contributed by atoms with Gasteiger partial charge in [-0.25, -0.2) is 0 Å². The van der Waals surface area contributed by atoms with Crippen molar-refractivity contribution in [3.63, 3.8) is 0 Å². The van der Waals surface area contributed by atoms with Crippen LogP contribution in [-0.2, 0) is 16.2 Å². The monoisotopic (exact) mass is 964 g/mol. The summed E-state index contributed by atoms with van der Waals surface area (Å²) in [6.45, 7) is 19.3. The maximum absolute atomic E-state index is 2.67. The van der Waals surface area contributed by atoms with Crippen LogP contribution >= 0.6 is 22.7 Å². The second-order valence-corrected chi connectivity index (χ2v) is 25.3. The van der Waals surface area contributed by atoms with Crippen molar-refractivity contribution in [1.29, 1.82) is 0 Å². The van der Waals surface area contributed by atoms with Crippen molar-refractivity contribution >= 4 is 120 Å². The van der Waals surface area contributed by atoms with E-state index >= 15 is 0 Å². The lowest BCUT2D eigenvalue weighted by Gasteiger charge is -2.47. The van der Waals surface area contributed by atoms with Crippen LogP contribution in [0.1, 0.15) is 83.6 Å². The number of nitrogens with zero attached hydrogens (tertiary/aromatic N) is 2. The molecule has 0 amide bonds. The van der Waals surface area contributed by atoms with Crippen LogP contribution in [0.25, 0.3) is 62.6 Å². The highest BCUT2D eigenvalue weighted by Gasteiger charge is 2.47. The summed E-state index contributed by atoms with van der Waals surface area (Å²) < 4.78 is 5.36. The quantitative estimate of drug-likeness (QED) is 0.162. The minimum Gasteiger partial charge on any atom is -0.311 e. The van der Waals surface area contributed by atoms with Crippen LogP contribution in [0.3, 0.4) is 0 Å². The maximum atomic E-state index is 2.67. The molecule has 0 N–H and O–H groups in total. The molecule has 0 fully saturated rings. The lowest BCUT2D eigenvalue weighted by Crippen LogP contribution is -2.62. The topological polar surface area (TPSA) is 6.48 Å². The maximum Gasteiger partial charge on any atom is 0.252 e. The zero-order chi connectivity index (χ0) is 49.0. The molecule has 5 heteroatoms. The SMILES string of the molecule is Cc1cc2c3c(c1)N(c1ccc(-c4cccc5c4sc4ccccc45)cc1)c1cc4c(cc1B3c1cc(C(C)(C)C)ccc1N2c1ccc(-c2cccc3c2sc2ccccc23)cc1)C(C)(C)CCC4(C)C. The number of benzene rings is 9. The highest BCUT2D eigenvalue weighted by Crippen LogP contribution is 2.51. The summed E-state index contributed by atoms with van der Waals surface area (Å²) in [5.74, 6) is 0. The third-order valence-corrected chi connectivity index (χ3v) is 19.2. The Kier molecular flexibility index (Phi) is 9.47. The molecule has 2 nitrogen and oxygen atoms in total. The summed E-state index contributed by atoms with van der Waals surface area (Å²) in [5, 5.41) is 5.33. The molecule has 11 aromatic rings. The van der Waals surface area contributed by atoms with Crippen molar-refractivity contribution in [3.8, 4) is 22.3 Å². The summed E-state index contributed by atoms with van der Waals surface area (Å²) in [6.07, 6.45) is 2.33. The molecule has 350 valence electrons. The first-order valence-electron chi connectivity index (χ1n) is 25.8. The molecule has 0 atom stereocenters. The Bertz CT molecular complexity index is 4050. The Labute approximate surface area is 432 Å². The van der Waals surface area contributed by atoms with E-state index in [2.05, 4.69) is 241 Å². The molecule has 0 radical (unpaired) electrons. The normalized spacial score (nSPS) is 15.5. The van der Waals surface area contributed by atoms with Gasteiger partial charge < -0.3 is 9.80 Å². The molecule has 14 rings (SSSR count). The Balaban J connectivity index is 0.987. The highest BCUT2D eigenvalue weighted by molar-refractivity contribution is 7.26. The molecule has 0 saturated carbocycles. The molecule has 0 bridgehead atoms. The molecular weight excluding hydrogens is 908 g/mol. The summed E-state index contributed by atoms with van der Waals surface area (Å²) in [7, 11) is 0. The minimum atomic E-state index is -0.0289. The summed E-state index contributed by atoms with van der Waals surface area (Å²) >= 11 is 3.80. The molecule has 0 spiro atoms. The van der Waals surface area contributed by atoms with Crippen molar-refractivity contribution in [2.24, 2.45) is 0 Å². The van der Waals surface area contributed by atoms with E-state index in [9.17, 15) is 0 Å². The third-order valence-electron chi connectivity index (χ3n) is 16.7. The summed E-state index contributed by atoms with van der Waals surface area (Å²) in [5.41, 5.74) is 22.3. The smallest absolute Gasteiger partial charge is 0.252 e. The Morgan fingerprint density at radius 3 is 1.46 bits per heavy atom. The van der Waals surface area contributed by atoms with E-state index in [0.717, 1.165) is 6.42 Å². The van der Waals surface area contributed by atoms with Crippen molar-refractivity contribution < 1.29 is 0 Å². The summed E-state index contributed by atoms with van der Waals surface area (Å²) in [4.78, 5) is 5.21. The standard InChI is InChI=1S/C67H57BN2S2/c1-40-35-58-62-59(36-40)70(45-30-25-42(26-31-45)47-18-14-20-51-49-16-10-12-22-61(49)72-64(47)51)57-39-53-52(66(5,6)33-34-67(53,7)8)38-55(57)68(62)54-37-43(65(2,3)4)27-32-56(54)69(58)44-28-23-41(24-29-44)46-17-13-19-50-48-15-9-11-21-60(48)71-63(46)50/h9-32,35-39H,33-34H2,1-8H3. The number of fused-ring (bicyclic) bond motifs is 11. The van der Waals surface area contributed by atoms with Crippen molar-refractivity contribution in [3.05, 3.63) is 198 Å². The van der Waals surface area contributed by atoms with Gasteiger partial charge in [-0.05, 0) is 158 Å². The number of hydrogen-bond donors (Lipinski definition) is 0. The van der Waals surface area contributed by atoms with Gasteiger partial charge in [0, 0.05) is 74.5 Å². The van der Waals surface area contributed by atoms with Gasteiger partial charge in [0.25, 0.3) is 6.71 Å². The molecule has 72 heavy (non-hydrogen) atoms. The van der Waals surface area contributed by atoms with Gasteiger partial charge in [0.1, 0.15) is 0 Å².